The van der Waals surface area contributed by atoms with Crippen molar-refractivity contribution in [2.75, 3.05) is 6.54 Å². The zero-order valence-electron chi connectivity index (χ0n) is 35.2. The van der Waals surface area contributed by atoms with Crippen molar-refractivity contribution in [3.8, 4) is 5.75 Å². The lowest BCUT2D eigenvalue weighted by Gasteiger charge is -2.38. The van der Waals surface area contributed by atoms with Gasteiger partial charge in [0.25, 0.3) is 0 Å². The molecule has 0 bridgehead atoms. The Bertz CT molecular complexity index is 1930. The van der Waals surface area contributed by atoms with Gasteiger partial charge in [-0.3, -0.25) is 38.4 Å². The van der Waals surface area contributed by atoms with E-state index < -0.39 is 120 Å². The van der Waals surface area contributed by atoms with Gasteiger partial charge in [0.2, 0.25) is 41.4 Å². The molecule has 1 fully saturated rings. The van der Waals surface area contributed by atoms with E-state index in [4.69, 9.17) is 11.5 Å². The Morgan fingerprint density at radius 3 is 1.81 bits per heavy atom. The van der Waals surface area contributed by atoms with Crippen LogP contribution in [0.2, 0.25) is 0 Å². The van der Waals surface area contributed by atoms with Crippen LogP contribution >= 0.6 is 0 Å². The van der Waals surface area contributed by atoms with Gasteiger partial charge in [0.05, 0.1) is 31.0 Å². The summed E-state index contributed by atoms with van der Waals surface area (Å²) in [6, 6.07) is 6.11. The fourth-order valence-corrected chi connectivity index (χ4v) is 7.12. The topological polar surface area (TPSA) is 330 Å². The number of carbonyl (C=O) groups excluding carboxylic acids is 7. The largest absolute Gasteiger partial charge is 0.508 e. The van der Waals surface area contributed by atoms with Gasteiger partial charge in [-0.1, -0.05) is 83.0 Å². The van der Waals surface area contributed by atoms with Crippen LogP contribution in [0.25, 0.3) is 0 Å². The zero-order valence-corrected chi connectivity index (χ0v) is 35.2. The highest BCUT2D eigenvalue weighted by Gasteiger charge is 2.43. The maximum Gasteiger partial charge on any atom is 0.414 e. The smallest absolute Gasteiger partial charge is 0.414 e. The van der Waals surface area contributed by atoms with Crippen LogP contribution in [0.3, 0.4) is 0 Å². The van der Waals surface area contributed by atoms with E-state index in [9.17, 15) is 58.5 Å². The summed E-state index contributed by atoms with van der Waals surface area (Å²) in [5.74, 6) is -9.80. The van der Waals surface area contributed by atoms with Crippen LogP contribution in [0.4, 0.5) is 4.79 Å². The van der Waals surface area contributed by atoms with E-state index >= 15 is 0 Å². The summed E-state index contributed by atoms with van der Waals surface area (Å²) in [5.41, 5.74) is 12.4. The van der Waals surface area contributed by atoms with E-state index in [2.05, 4.69) is 26.6 Å². The van der Waals surface area contributed by atoms with Gasteiger partial charge >= 0.3 is 12.1 Å². The number of carboxylic acid groups (broad SMARTS) is 2. The van der Waals surface area contributed by atoms with Crippen molar-refractivity contribution in [1.29, 1.82) is 0 Å². The fourth-order valence-electron chi connectivity index (χ4n) is 7.12. The third-order valence-electron chi connectivity index (χ3n) is 10.4. The van der Waals surface area contributed by atoms with E-state index in [0.717, 1.165) is 0 Å². The number of carbonyl (C=O) groups is 9. The normalized spacial score (nSPS) is 17.3. The first kappa shape index (κ1) is 49.8. The molecule has 0 saturated heterocycles. The second-order valence-electron chi connectivity index (χ2n) is 16.0. The van der Waals surface area contributed by atoms with Gasteiger partial charge in [0.1, 0.15) is 29.9 Å². The second-order valence-corrected chi connectivity index (χ2v) is 16.0. The highest BCUT2D eigenvalue weighted by atomic mass is 16.4. The molecule has 3 rings (SSSR count). The molecule has 0 spiro atoms. The van der Waals surface area contributed by atoms with E-state index in [1.54, 1.807) is 58.0 Å². The zero-order chi connectivity index (χ0) is 46.3. The number of primary amides is 1. The minimum absolute atomic E-state index is 0.0131. The van der Waals surface area contributed by atoms with E-state index in [0.29, 0.717) is 28.9 Å². The summed E-state index contributed by atoms with van der Waals surface area (Å²) in [6.45, 7) is 5.95. The van der Waals surface area contributed by atoms with Gasteiger partial charge in [0, 0.05) is 6.42 Å². The van der Waals surface area contributed by atoms with Crippen LogP contribution in [-0.2, 0) is 51.2 Å². The van der Waals surface area contributed by atoms with Crippen LogP contribution in [-0.4, -0.2) is 116 Å². The summed E-state index contributed by atoms with van der Waals surface area (Å²) >= 11 is 0. The van der Waals surface area contributed by atoms with Crippen molar-refractivity contribution in [1.82, 2.24) is 31.5 Å². The molecule has 2 aromatic carbocycles. The van der Waals surface area contributed by atoms with Crippen LogP contribution < -0.4 is 38.1 Å². The second kappa shape index (κ2) is 23.4. The Kier molecular flexibility index (Phi) is 18.8. The predicted octanol–water partition coefficient (Wildman–Crippen LogP) is -0.102. The van der Waals surface area contributed by atoms with E-state index in [-0.39, 0.29) is 31.4 Å². The SMILES string of the molecule is CC(C)[C@H](NC(=O)[C@H](CC(=O)O)NC(=O)[C@H](Cc1ccccc1)NC(=O)[C@H]1CCCC[C@H]1N(C(=O)O)C(=O)[C@@H](N)Cc1ccc(O)cc1)C(=O)N[C@H](C(=O)NCC(N)=O)C(C)C. The molecule has 12 N–H and O–H groups in total. The number of hydrogen-bond donors (Lipinski definition) is 10. The molecule has 2 aromatic rings. The van der Waals surface area contributed by atoms with E-state index in [1.807, 2.05) is 0 Å². The number of phenolic OH excluding ortho intramolecular Hbond substituents is 1. The van der Waals surface area contributed by atoms with Gasteiger partial charge in [-0.25, -0.2) is 9.69 Å². The van der Waals surface area contributed by atoms with Gasteiger partial charge in [-0.2, -0.15) is 0 Å². The average molecular weight is 867 g/mol. The first-order valence-electron chi connectivity index (χ1n) is 20.3. The first-order chi connectivity index (χ1) is 29.2. The number of carboxylic acids is 1. The number of hydrogen-bond acceptors (Lipinski definition) is 11. The van der Waals surface area contributed by atoms with Crippen LogP contribution in [0.1, 0.15) is 70.9 Å². The van der Waals surface area contributed by atoms with Crippen molar-refractivity contribution < 1.29 is 58.5 Å². The van der Waals surface area contributed by atoms with Crippen LogP contribution in [0.15, 0.2) is 54.6 Å². The van der Waals surface area contributed by atoms with Crippen molar-refractivity contribution >= 4 is 53.4 Å². The molecule has 0 unspecified atom stereocenters. The Hall–Kier alpha value is -6.57. The molecule has 0 radical (unpaired) electrons. The molecule has 1 saturated carbocycles. The van der Waals surface area contributed by atoms with Gasteiger partial charge in [-0.05, 0) is 54.4 Å². The summed E-state index contributed by atoms with van der Waals surface area (Å²) < 4.78 is 0. The molecule has 8 amide bonds. The molecule has 0 aliphatic heterocycles. The Labute approximate surface area is 358 Å². The van der Waals surface area contributed by atoms with Crippen molar-refractivity contribution in [3.63, 3.8) is 0 Å². The summed E-state index contributed by atoms with van der Waals surface area (Å²) in [4.78, 5) is 118. The van der Waals surface area contributed by atoms with E-state index in [1.165, 1.54) is 24.3 Å². The van der Waals surface area contributed by atoms with Crippen molar-refractivity contribution in [2.24, 2.45) is 29.2 Å². The van der Waals surface area contributed by atoms with Crippen molar-refractivity contribution in [3.05, 3.63) is 65.7 Å². The predicted molar refractivity (Wildman–Crippen MR) is 222 cm³/mol. The molecule has 1 aliphatic rings. The first-order valence-corrected chi connectivity index (χ1v) is 20.3. The lowest BCUT2D eigenvalue weighted by Crippen LogP contribution is -2.61. The third kappa shape index (κ3) is 14.9. The quantitative estimate of drug-likeness (QED) is 0.0785. The summed E-state index contributed by atoms with van der Waals surface area (Å²) in [6.07, 6.45) is -1.53. The number of aromatic hydroxyl groups is 1. The molecular weight excluding hydrogens is 809 g/mol. The number of nitrogens with zero attached hydrogens (tertiary/aromatic N) is 1. The molecule has 0 aromatic heterocycles. The number of nitrogens with one attached hydrogen (secondary N) is 5. The Morgan fingerprint density at radius 2 is 1.24 bits per heavy atom. The molecule has 7 atom stereocenters. The maximum absolute atomic E-state index is 14.2. The number of phenols is 1. The molecule has 338 valence electrons. The lowest BCUT2D eigenvalue weighted by molar-refractivity contribution is -0.142. The van der Waals surface area contributed by atoms with Crippen molar-refractivity contribution in [2.45, 2.75) is 109 Å². The van der Waals surface area contributed by atoms with Gasteiger partial charge in [-0.15, -0.1) is 0 Å². The van der Waals surface area contributed by atoms with Gasteiger partial charge < -0.3 is 53.4 Å². The summed E-state index contributed by atoms with van der Waals surface area (Å²) in [7, 11) is 0. The monoisotopic (exact) mass is 866 g/mol. The third-order valence-corrected chi connectivity index (χ3v) is 10.4. The van der Waals surface area contributed by atoms with Crippen LogP contribution in [0.5, 0.6) is 5.75 Å². The highest BCUT2D eigenvalue weighted by Crippen LogP contribution is 2.30. The minimum Gasteiger partial charge on any atom is -0.508 e. The molecule has 1 aliphatic carbocycles. The molecule has 62 heavy (non-hydrogen) atoms. The molecule has 0 heterocycles. The fraction of sp³-hybridized carbons (Fsp3) is 0.500. The van der Waals surface area contributed by atoms with Gasteiger partial charge in [0.15, 0.2) is 0 Å². The number of amides is 8. The molecule has 20 nitrogen and oxygen atoms in total. The summed E-state index contributed by atoms with van der Waals surface area (Å²) in [5, 5.41) is 42.0. The number of aliphatic carboxylic acids is 1. The number of imide groups is 1. The average Bonchev–Trinajstić information content (AvgIpc) is 3.21. The standard InChI is InChI=1S/C42H58N8O12/c1-22(2)34(39(58)45-21-32(44)52)49-40(59)35(23(3)4)48-38(57)30(20-33(53)54)47-37(56)29(19-24-10-6-5-7-11-24)46-36(55)27-12-8-9-13-31(27)50(42(61)62)41(60)28(43)18-25-14-16-26(51)17-15-25/h5-7,10-11,14-17,22-23,27-31,34-35,51H,8-9,12-13,18-21,43H2,1-4H3,(H2,44,52)(H,45,58)(H,46,55)(H,47,56)(H,48,57)(H,49,59)(H,53,54)(H,61,62)/t27-,28-,29-,30-,31+,34-,35-/m0/s1. The maximum atomic E-state index is 14.2. The number of benzene rings is 2. The van der Waals surface area contributed by atoms with Crippen LogP contribution in [0, 0.1) is 17.8 Å². The number of rotatable bonds is 21. The Morgan fingerprint density at radius 1 is 0.694 bits per heavy atom. The lowest BCUT2D eigenvalue weighted by atomic mass is 9.82. The molecule has 20 heteroatoms. The minimum atomic E-state index is -1.78. The number of nitrogens with two attached hydrogens (primary N) is 2. The highest BCUT2D eigenvalue weighted by molar-refractivity contribution is 5.98. The Balaban J connectivity index is 1.87. The molecular formula is C42H58N8O12.